The summed E-state index contributed by atoms with van der Waals surface area (Å²) in [6.07, 6.45) is 1.18. The maximum atomic E-state index is 12.2. The molecule has 8 nitrogen and oxygen atoms in total. The monoisotopic (exact) mass is 401 g/mol. The van der Waals surface area contributed by atoms with Gasteiger partial charge in [-0.25, -0.2) is 17.4 Å². The van der Waals surface area contributed by atoms with Crippen LogP contribution in [0.5, 0.6) is 0 Å². The van der Waals surface area contributed by atoms with Crippen LogP contribution in [0, 0.1) is 0 Å². The minimum atomic E-state index is -3.53. The van der Waals surface area contributed by atoms with Crippen molar-refractivity contribution in [1.82, 2.24) is 19.3 Å². The standard InChI is InChI=1S/C19H23N5O3S/c1-4-14-5-7-15(8-6-14)20-19(25)11-12-24-18-10-9-16(13-17(18)21-22-24)28(26,27)23(2)3/h5-10,13H,4,11-12H2,1-3H3,(H,20,25). The first-order valence-corrected chi connectivity index (χ1v) is 10.4. The zero-order valence-corrected chi connectivity index (χ0v) is 16.9. The van der Waals surface area contributed by atoms with Crippen molar-refractivity contribution in [1.29, 1.82) is 0 Å². The van der Waals surface area contributed by atoms with Crippen molar-refractivity contribution >= 4 is 32.7 Å². The fraction of sp³-hybridized carbons (Fsp3) is 0.316. The van der Waals surface area contributed by atoms with E-state index >= 15 is 0 Å². The number of hydrogen-bond donors (Lipinski definition) is 1. The van der Waals surface area contributed by atoms with Crippen molar-refractivity contribution < 1.29 is 13.2 Å². The molecule has 1 amide bonds. The molecule has 0 spiro atoms. The number of rotatable bonds is 7. The molecule has 0 aliphatic carbocycles. The van der Waals surface area contributed by atoms with Crippen LogP contribution in [0.4, 0.5) is 5.69 Å². The molecule has 1 heterocycles. The number of benzene rings is 2. The van der Waals surface area contributed by atoms with E-state index in [1.54, 1.807) is 10.7 Å². The fourth-order valence-electron chi connectivity index (χ4n) is 2.74. The molecule has 9 heteroatoms. The van der Waals surface area contributed by atoms with Gasteiger partial charge in [0.15, 0.2) is 0 Å². The lowest BCUT2D eigenvalue weighted by atomic mass is 10.1. The van der Waals surface area contributed by atoms with E-state index in [1.807, 2.05) is 24.3 Å². The number of anilines is 1. The number of carbonyl (C=O) groups is 1. The Morgan fingerprint density at radius 2 is 1.86 bits per heavy atom. The van der Waals surface area contributed by atoms with Crippen LogP contribution in [-0.4, -0.2) is 47.7 Å². The van der Waals surface area contributed by atoms with Crippen LogP contribution in [0.3, 0.4) is 0 Å². The first-order chi connectivity index (χ1) is 13.3. The highest BCUT2D eigenvalue weighted by molar-refractivity contribution is 7.89. The number of sulfonamides is 1. The smallest absolute Gasteiger partial charge is 0.242 e. The second-order valence-electron chi connectivity index (χ2n) is 6.60. The van der Waals surface area contributed by atoms with Crippen LogP contribution in [0.25, 0.3) is 11.0 Å². The Hall–Kier alpha value is -2.78. The first-order valence-electron chi connectivity index (χ1n) is 8.96. The van der Waals surface area contributed by atoms with Crippen molar-refractivity contribution in [3.63, 3.8) is 0 Å². The van der Waals surface area contributed by atoms with E-state index in [4.69, 9.17) is 0 Å². The molecule has 0 unspecified atom stereocenters. The number of aryl methyl sites for hydroxylation is 2. The van der Waals surface area contributed by atoms with Crippen molar-refractivity contribution in [2.75, 3.05) is 19.4 Å². The van der Waals surface area contributed by atoms with E-state index < -0.39 is 10.0 Å². The van der Waals surface area contributed by atoms with Crippen molar-refractivity contribution in [3.8, 4) is 0 Å². The molecule has 0 atom stereocenters. The molecule has 3 rings (SSSR count). The predicted octanol–water partition coefficient (Wildman–Crippen LogP) is 2.27. The lowest BCUT2D eigenvalue weighted by molar-refractivity contribution is -0.116. The molecule has 0 aliphatic heterocycles. The van der Waals surface area contributed by atoms with E-state index in [9.17, 15) is 13.2 Å². The average Bonchev–Trinajstić information content (AvgIpc) is 3.09. The maximum Gasteiger partial charge on any atom is 0.242 e. The molecule has 0 fully saturated rings. The number of hydrogen-bond acceptors (Lipinski definition) is 5. The Morgan fingerprint density at radius 1 is 1.14 bits per heavy atom. The van der Waals surface area contributed by atoms with E-state index in [0.717, 1.165) is 16.4 Å². The van der Waals surface area contributed by atoms with Gasteiger partial charge in [0.25, 0.3) is 0 Å². The SMILES string of the molecule is CCc1ccc(NC(=O)CCn2nnc3cc(S(=O)(=O)N(C)C)ccc32)cc1. The molecule has 1 aromatic heterocycles. The van der Waals surface area contributed by atoms with Crippen molar-refractivity contribution in [3.05, 3.63) is 48.0 Å². The zero-order valence-electron chi connectivity index (χ0n) is 16.1. The third kappa shape index (κ3) is 4.20. The highest BCUT2D eigenvalue weighted by atomic mass is 32.2. The van der Waals surface area contributed by atoms with Gasteiger partial charge in [-0.05, 0) is 42.3 Å². The van der Waals surface area contributed by atoms with Gasteiger partial charge in [-0.3, -0.25) is 4.79 Å². The summed E-state index contributed by atoms with van der Waals surface area (Å²) in [6.45, 7) is 2.42. The quantitative estimate of drug-likeness (QED) is 0.655. The van der Waals surface area contributed by atoms with E-state index in [-0.39, 0.29) is 17.2 Å². The van der Waals surface area contributed by atoms with Gasteiger partial charge in [0.2, 0.25) is 15.9 Å². The van der Waals surface area contributed by atoms with Gasteiger partial charge in [0, 0.05) is 26.2 Å². The number of fused-ring (bicyclic) bond motifs is 1. The summed E-state index contributed by atoms with van der Waals surface area (Å²) in [5, 5.41) is 10.9. The Kier molecular flexibility index (Phi) is 5.76. The minimum Gasteiger partial charge on any atom is -0.326 e. The van der Waals surface area contributed by atoms with Gasteiger partial charge in [-0.1, -0.05) is 24.3 Å². The number of nitrogens with zero attached hydrogens (tertiary/aromatic N) is 4. The van der Waals surface area contributed by atoms with Gasteiger partial charge in [-0.2, -0.15) is 0 Å². The third-order valence-corrected chi connectivity index (χ3v) is 6.27. The van der Waals surface area contributed by atoms with Crippen LogP contribution in [0.1, 0.15) is 18.9 Å². The van der Waals surface area contributed by atoms with Gasteiger partial charge in [0.1, 0.15) is 5.52 Å². The first kappa shape index (κ1) is 20.0. The highest BCUT2D eigenvalue weighted by Crippen LogP contribution is 2.19. The largest absolute Gasteiger partial charge is 0.326 e. The molecule has 0 saturated carbocycles. The summed E-state index contributed by atoms with van der Waals surface area (Å²) < 4.78 is 27.2. The molecule has 2 aromatic carbocycles. The Balaban J connectivity index is 1.68. The van der Waals surface area contributed by atoms with Crippen LogP contribution < -0.4 is 5.32 Å². The summed E-state index contributed by atoms with van der Waals surface area (Å²) in [5.41, 5.74) is 3.11. The topological polar surface area (TPSA) is 97.2 Å². The summed E-state index contributed by atoms with van der Waals surface area (Å²) >= 11 is 0. The maximum absolute atomic E-state index is 12.2. The third-order valence-electron chi connectivity index (χ3n) is 4.46. The second-order valence-corrected chi connectivity index (χ2v) is 8.75. The molecule has 0 saturated heterocycles. The fourth-order valence-corrected chi connectivity index (χ4v) is 3.67. The summed E-state index contributed by atoms with van der Waals surface area (Å²) in [6, 6.07) is 12.4. The van der Waals surface area contributed by atoms with Crippen LogP contribution in [0.15, 0.2) is 47.4 Å². The number of amides is 1. The van der Waals surface area contributed by atoms with Crippen LogP contribution >= 0.6 is 0 Å². The molecule has 0 aliphatic rings. The van der Waals surface area contributed by atoms with Gasteiger partial charge in [0.05, 0.1) is 17.0 Å². The molecule has 3 aromatic rings. The highest BCUT2D eigenvalue weighted by Gasteiger charge is 2.19. The van der Waals surface area contributed by atoms with Gasteiger partial charge < -0.3 is 5.32 Å². The molecular formula is C19H23N5O3S. The lowest BCUT2D eigenvalue weighted by Crippen LogP contribution is -2.22. The summed E-state index contributed by atoms with van der Waals surface area (Å²) in [5.74, 6) is -0.125. The molecule has 0 radical (unpaired) electrons. The summed E-state index contributed by atoms with van der Waals surface area (Å²) in [7, 11) is -0.578. The lowest BCUT2D eigenvalue weighted by Gasteiger charge is -2.11. The minimum absolute atomic E-state index is 0.125. The van der Waals surface area contributed by atoms with Gasteiger partial charge >= 0.3 is 0 Å². The molecule has 0 bridgehead atoms. The normalized spacial score (nSPS) is 11.9. The zero-order chi connectivity index (χ0) is 20.3. The van der Waals surface area contributed by atoms with Crippen molar-refractivity contribution in [2.24, 2.45) is 0 Å². The van der Waals surface area contributed by atoms with E-state index in [1.165, 1.54) is 31.8 Å². The van der Waals surface area contributed by atoms with Crippen molar-refractivity contribution in [2.45, 2.75) is 31.2 Å². The number of nitrogens with one attached hydrogen (secondary N) is 1. The second kappa shape index (κ2) is 8.07. The van der Waals surface area contributed by atoms with Crippen LogP contribution in [-0.2, 0) is 27.8 Å². The molecule has 148 valence electrons. The predicted molar refractivity (Wildman–Crippen MR) is 107 cm³/mol. The van der Waals surface area contributed by atoms with Crippen LogP contribution in [0.2, 0.25) is 0 Å². The molecule has 28 heavy (non-hydrogen) atoms. The number of aromatic nitrogens is 3. The van der Waals surface area contributed by atoms with E-state index in [0.29, 0.717) is 17.6 Å². The number of carbonyl (C=O) groups excluding carboxylic acids is 1. The Labute approximate surface area is 164 Å². The van der Waals surface area contributed by atoms with E-state index in [2.05, 4.69) is 22.6 Å². The summed E-state index contributed by atoms with van der Waals surface area (Å²) in [4.78, 5) is 12.4. The average molecular weight is 401 g/mol. The Bertz CT molecular complexity index is 1090. The molecular weight excluding hydrogens is 378 g/mol. The molecule has 1 N–H and O–H groups in total. The van der Waals surface area contributed by atoms with Gasteiger partial charge in [-0.15, -0.1) is 5.10 Å². The Morgan fingerprint density at radius 3 is 2.50 bits per heavy atom.